The van der Waals surface area contributed by atoms with Gasteiger partial charge in [-0.25, -0.2) is 9.59 Å². The van der Waals surface area contributed by atoms with E-state index in [1.54, 1.807) is 20.8 Å². The number of alkyl carbamates (subject to hydrolysis) is 1. The highest BCUT2D eigenvalue weighted by atomic mass is 16.7. The van der Waals surface area contributed by atoms with Gasteiger partial charge in [-0.15, -0.1) is 0 Å². The number of nitrogens with one attached hydrogen (secondary N) is 1. The van der Waals surface area contributed by atoms with E-state index in [0.717, 1.165) is 27.8 Å². The molecule has 1 aliphatic rings. The Morgan fingerprint density at radius 3 is 1.43 bits per heavy atom. The van der Waals surface area contributed by atoms with Gasteiger partial charge < -0.3 is 43.2 Å². The summed E-state index contributed by atoms with van der Waals surface area (Å²) in [6.07, 6.45) is -4.99. The van der Waals surface area contributed by atoms with Gasteiger partial charge in [-0.3, -0.25) is 0 Å². The third-order valence-corrected chi connectivity index (χ3v) is 9.47. The molecule has 60 heavy (non-hydrogen) atoms. The van der Waals surface area contributed by atoms with Crippen LogP contribution in [0.1, 0.15) is 48.6 Å². The summed E-state index contributed by atoms with van der Waals surface area (Å²) in [5, 5.41) is 2.65. The van der Waals surface area contributed by atoms with E-state index in [-0.39, 0.29) is 39.6 Å². The fourth-order valence-electron chi connectivity index (χ4n) is 6.52. The molecule has 5 aromatic rings. The molecule has 1 saturated heterocycles. The van der Waals surface area contributed by atoms with E-state index in [9.17, 15) is 9.59 Å². The molecule has 1 aliphatic heterocycles. The van der Waals surface area contributed by atoms with Crippen molar-refractivity contribution in [1.82, 2.24) is 5.32 Å². The highest BCUT2D eigenvalue weighted by Gasteiger charge is 2.49. The maximum Gasteiger partial charge on any atom is 0.408 e. The summed E-state index contributed by atoms with van der Waals surface area (Å²) in [6.45, 7) is 6.00. The van der Waals surface area contributed by atoms with Crippen LogP contribution in [0.2, 0.25) is 0 Å². The number of rotatable bonds is 20. The molecule has 1 amide bonds. The molecule has 0 spiro atoms. The van der Waals surface area contributed by atoms with Gasteiger partial charge in [0.25, 0.3) is 0 Å². The van der Waals surface area contributed by atoms with E-state index in [2.05, 4.69) is 5.32 Å². The van der Waals surface area contributed by atoms with Crippen LogP contribution in [0.25, 0.3) is 0 Å². The van der Waals surface area contributed by atoms with Crippen LogP contribution in [0, 0.1) is 0 Å². The summed E-state index contributed by atoms with van der Waals surface area (Å²) < 4.78 is 51.1. The largest absolute Gasteiger partial charge is 0.459 e. The Bertz CT molecular complexity index is 1980. The maximum atomic E-state index is 13.7. The highest BCUT2D eigenvalue weighted by molar-refractivity contribution is 5.81. The zero-order chi connectivity index (χ0) is 42.0. The molecule has 0 unspecified atom stereocenters. The number of hydrogen-bond acceptors (Lipinski definition) is 10. The van der Waals surface area contributed by atoms with Crippen molar-refractivity contribution in [2.75, 3.05) is 13.2 Å². The molecule has 6 rings (SSSR count). The standard InChI is InChI=1S/C49H55NO10/c1-49(2,3)60-48(52)50-41(46(51)57-33-40-27-17-8-18-28-40)34-58-47-45(56-32-39-25-15-7-16-26-39)44(55-31-38-23-13-6-14-24-38)43(54-30-37-21-11-5-12-22-37)42(59-47)35-53-29-36-19-9-4-10-20-36/h4-28,41-45,47H,29-35H2,1-3H3,(H,50,52)/t41-,42+,43-,44-,45+,47-/m0/s1. The molecule has 1 N–H and O–H groups in total. The predicted octanol–water partition coefficient (Wildman–Crippen LogP) is 8.34. The fourth-order valence-corrected chi connectivity index (χ4v) is 6.52. The van der Waals surface area contributed by atoms with Gasteiger partial charge >= 0.3 is 12.1 Å². The van der Waals surface area contributed by atoms with Crippen molar-refractivity contribution in [2.45, 2.75) is 96.2 Å². The summed E-state index contributed by atoms with van der Waals surface area (Å²) in [7, 11) is 0. The van der Waals surface area contributed by atoms with Crippen molar-refractivity contribution in [1.29, 1.82) is 0 Å². The van der Waals surface area contributed by atoms with Crippen molar-refractivity contribution in [3.63, 3.8) is 0 Å². The monoisotopic (exact) mass is 817 g/mol. The SMILES string of the molecule is CC(C)(C)OC(=O)N[C@@H](CO[C@H]1O[C@H](COCc2ccccc2)[C@H](OCc2ccccc2)[C@H](OCc2ccccc2)[C@H]1OCc1ccccc1)C(=O)OCc1ccccc1. The molecule has 0 radical (unpaired) electrons. The second-order valence-corrected chi connectivity index (χ2v) is 15.5. The van der Waals surface area contributed by atoms with Crippen LogP contribution in [0.3, 0.4) is 0 Å². The first-order valence-corrected chi connectivity index (χ1v) is 20.3. The number of esters is 1. The number of carbonyl (C=O) groups excluding carboxylic acids is 2. The first-order valence-electron chi connectivity index (χ1n) is 20.3. The first kappa shape index (κ1) is 44.2. The third-order valence-electron chi connectivity index (χ3n) is 9.47. The Morgan fingerprint density at radius 2 is 0.967 bits per heavy atom. The topological polar surface area (TPSA) is 120 Å². The zero-order valence-corrected chi connectivity index (χ0v) is 34.4. The summed E-state index contributed by atoms with van der Waals surface area (Å²) in [5.41, 5.74) is 3.79. The molecule has 6 atom stereocenters. The minimum absolute atomic E-state index is 0.00836. The van der Waals surface area contributed by atoms with Crippen molar-refractivity contribution in [3.8, 4) is 0 Å². The van der Waals surface area contributed by atoms with Gasteiger partial charge in [0.2, 0.25) is 0 Å². The van der Waals surface area contributed by atoms with E-state index < -0.39 is 54.4 Å². The molecule has 1 fully saturated rings. The Hall–Kier alpha value is -5.40. The van der Waals surface area contributed by atoms with E-state index in [0.29, 0.717) is 6.61 Å². The number of amides is 1. The maximum absolute atomic E-state index is 13.7. The van der Waals surface area contributed by atoms with E-state index >= 15 is 0 Å². The lowest BCUT2D eigenvalue weighted by atomic mass is 9.97. The molecule has 0 bridgehead atoms. The number of hydrogen-bond donors (Lipinski definition) is 1. The van der Waals surface area contributed by atoms with Gasteiger partial charge in [-0.2, -0.15) is 0 Å². The molecular formula is C49H55NO10. The summed E-state index contributed by atoms with van der Waals surface area (Å²) in [5.74, 6) is -0.717. The van der Waals surface area contributed by atoms with Crippen LogP contribution in [0.5, 0.6) is 0 Å². The first-order chi connectivity index (χ1) is 29.2. The van der Waals surface area contributed by atoms with Crippen LogP contribution in [-0.4, -0.2) is 67.6 Å². The van der Waals surface area contributed by atoms with Crippen LogP contribution >= 0.6 is 0 Å². The quantitative estimate of drug-likeness (QED) is 0.0768. The van der Waals surface area contributed by atoms with Gasteiger partial charge in [-0.1, -0.05) is 152 Å². The second kappa shape index (κ2) is 22.8. The van der Waals surface area contributed by atoms with Gasteiger partial charge in [0.05, 0.1) is 39.6 Å². The van der Waals surface area contributed by atoms with Gasteiger partial charge in [0.15, 0.2) is 12.3 Å². The molecule has 11 nitrogen and oxygen atoms in total. The number of ether oxygens (including phenoxy) is 8. The fraction of sp³-hybridized carbons (Fsp3) is 0.347. The van der Waals surface area contributed by atoms with Crippen LogP contribution in [0.4, 0.5) is 4.79 Å². The molecule has 0 aromatic heterocycles. The lowest BCUT2D eigenvalue weighted by Crippen LogP contribution is -2.62. The van der Waals surface area contributed by atoms with E-state index in [4.69, 9.17) is 37.9 Å². The smallest absolute Gasteiger partial charge is 0.408 e. The predicted molar refractivity (Wildman–Crippen MR) is 225 cm³/mol. The van der Waals surface area contributed by atoms with Crippen molar-refractivity contribution in [2.24, 2.45) is 0 Å². The normalized spacial score (nSPS) is 19.6. The minimum atomic E-state index is -1.27. The lowest BCUT2D eigenvalue weighted by Gasteiger charge is -2.46. The zero-order valence-electron chi connectivity index (χ0n) is 34.4. The van der Waals surface area contributed by atoms with Crippen molar-refractivity contribution < 1.29 is 47.5 Å². The van der Waals surface area contributed by atoms with Crippen LogP contribution < -0.4 is 5.32 Å². The Balaban J connectivity index is 1.31. The third kappa shape index (κ3) is 14.4. The number of carbonyl (C=O) groups is 2. The summed E-state index contributed by atoms with van der Waals surface area (Å²) in [6, 6.07) is 47.3. The molecule has 316 valence electrons. The van der Waals surface area contributed by atoms with Crippen molar-refractivity contribution in [3.05, 3.63) is 179 Å². The molecule has 11 heteroatoms. The summed E-state index contributed by atoms with van der Waals surface area (Å²) >= 11 is 0. The summed E-state index contributed by atoms with van der Waals surface area (Å²) in [4.78, 5) is 26.8. The van der Waals surface area contributed by atoms with Crippen molar-refractivity contribution >= 4 is 12.1 Å². The van der Waals surface area contributed by atoms with E-state index in [1.165, 1.54) is 0 Å². The Kier molecular flexibility index (Phi) is 16.8. The molecular weight excluding hydrogens is 763 g/mol. The molecule has 0 saturated carbocycles. The average molecular weight is 818 g/mol. The Labute approximate surface area is 352 Å². The lowest BCUT2D eigenvalue weighted by molar-refractivity contribution is -0.329. The molecule has 1 heterocycles. The minimum Gasteiger partial charge on any atom is -0.459 e. The molecule has 5 aromatic carbocycles. The molecule has 0 aliphatic carbocycles. The van der Waals surface area contributed by atoms with E-state index in [1.807, 2.05) is 152 Å². The average Bonchev–Trinajstić information content (AvgIpc) is 3.26. The van der Waals surface area contributed by atoms with Crippen LogP contribution in [0.15, 0.2) is 152 Å². The van der Waals surface area contributed by atoms with Gasteiger partial charge in [0, 0.05) is 0 Å². The highest BCUT2D eigenvalue weighted by Crippen LogP contribution is 2.32. The van der Waals surface area contributed by atoms with Gasteiger partial charge in [0.1, 0.15) is 36.6 Å². The number of benzene rings is 5. The van der Waals surface area contributed by atoms with Crippen LogP contribution in [-0.2, 0) is 75.7 Å². The second-order valence-electron chi connectivity index (χ2n) is 15.5. The Morgan fingerprint density at radius 1 is 0.550 bits per heavy atom. The van der Waals surface area contributed by atoms with Gasteiger partial charge in [-0.05, 0) is 48.6 Å².